The van der Waals surface area contributed by atoms with Crippen LogP contribution in [0.15, 0.2) is 16.8 Å². The Morgan fingerprint density at radius 3 is 2.93 bits per heavy atom. The summed E-state index contributed by atoms with van der Waals surface area (Å²) in [6.07, 6.45) is 3.43. The fraction of sp³-hybridized carbons (Fsp3) is 0.571. The van der Waals surface area contributed by atoms with E-state index in [9.17, 15) is 0 Å². The highest BCUT2D eigenvalue weighted by Crippen LogP contribution is 2.34. The molecule has 8 nitrogen and oxygen atoms in total. The highest BCUT2D eigenvalue weighted by atomic mass is 16.5. The van der Waals surface area contributed by atoms with E-state index in [1.54, 1.807) is 11.2 Å². The van der Waals surface area contributed by atoms with Crippen LogP contribution in [0, 0.1) is 0 Å². The minimum absolute atomic E-state index is 0.200. The van der Waals surface area contributed by atoms with Crippen molar-refractivity contribution in [2.45, 2.75) is 38.9 Å². The number of hydrogen-bond donors (Lipinski definition) is 2. The highest BCUT2D eigenvalue weighted by Gasteiger charge is 2.28. The van der Waals surface area contributed by atoms with Gasteiger partial charge in [0, 0.05) is 24.9 Å². The zero-order valence-electron chi connectivity index (χ0n) is 17.1. The van der Waals surface area contributed by atoms with Crippen LogP contribution < -0.4 is 10.2 Å². The predicted molar refractivity (Wildman–Crippen MR) is 109 cm³/mol. The number of fused-ring (bicyclic) bond motifs is 4. The number of pyridine rings is 1. The van der Waals surface area contributed by atoms with Crippen LogP contribution in [0.3, 0.4) is 0 Å². The normalized spacial score (nSPS) is 19.5. The average Bonchev–Trinajstić information content (AvgIpc) is 3.08. The van der Waals surface area contributed by atoms with Crippen molar-refractivity contribution in [1.82, 2.24) is 15.0 Å². The van der Waals surface area contributed by atoms with E-state index in [4.69, 9.17) is 18.9 Å². The number of aromatic nitrogens is 3. The summed E-state index contributed by atoms with van der Waals surface area (Å²) in [5.74, 6) is 0.736. The van der Waals surface area contributed by atoms with Crippen molar-refractivity contribution in [3.05, 3.63) is 23.7 Å². The summed E-state index contributed by atoms with van der Waals surface area (Å²) in [7, 11) is 0. The molecule has 0 amide bonds. The van der Waals surface area contributed by atoms with Gasteiger partial charge in [0.05, 0.1) is 43.0 Å². The first kappa shape index (κ1) is 18.7. The summed E-state index contributed by atoms with van der Waals surface area (Å²) in [6, 6.07) is 2.11. The molecule has 0 unspecified atom stereocenters. The van der Waals surface area contributed by atoms with Gasteiger partial charge in [0.1, 0.15) is 24.9 Å². The molecule has 0 radical (unpaired) electrons. The lowest BCUT2D eigenvalue weighted by Crippen LogP contribution is -3.14. The largest absolute Gasteiger partial charge is 0.432 e. The number of furan rings is 1. The molecule has 0 atom stereocenters. The zero-order chi connectivity index (χ0) is 19.8. The van der Waals surface area contributed by atoms with Crippen molar-refractivity contribution in [2.75, 3.05) is 44.7 Å². The molecule has 3 aromatic rings. The van der Waals surface area contributed by atoms with E-state index in [1.165, 1.54) is 0 Å². The Hall–Kier alpha value is -2.29. The van der Waals surface area contributed by atoms with Crippen molar-refractivity contribution in [3.63, 3.8) is 0 Å². The third-order valence-electron chi connectivity index (χ3n) is 5.82. The Labute approximate surface area is 169 Å². The lowest BCUT2D eigenvalue weighted by atomic mass is 9.95. The minimum atomic E-state index is -0.200. The average molecular weight is 398 g/mol. The van der Waals surface area contributed by atoms with E-state index in [0.29, 0.717) is 17.9 Å². The van der Waals surface area contributed by atoms with Gasteiger partial charge in [-0.25, -0.2) is 15.0 Å². The SMILES string of the molecule is CC1(C)Cc2nc3oc4c(NCCC[NH+]5CCOCC5)ncnc4c3cc2CO1. The van der Waals surface area contributed by atoms with E-state index < -0.39 is 0 Å². The topological polar surface area (TPSA) is 86.7 Å². The van der Waals surface area contributed by atoms with Gasteiger partial charge in [-0.1, -0.05) is 0 Å². The number of quaternary nitrogens is 1. The van der Waals surface area contributed by atoms with Gasteiger partial charge in [-0.3, -0.25) is 0 Å². The lowest BCUT2D eigenvalue weighted by Gasteiger charge is -2.30. The molecule has 5 rings (SSSR count). The number of morpholine rings is 1. The molecule has 2 aliphatic heterocycles. The van der Waals surface area contributed by atoms with Crippen LogP contribution in [0.4, 0.5) is 5.82 Å². The summed E-state index contributed by atoms with van der Waals surface area (Å²) in [5.41, 5.74) is 4.06. The molecular weight excluding hydrogens is 370 g/mol. The van der Waals surface area contributed by atoms with Gasteiger partial charge in [0.2, 0.25) is 5.71 Å². The van der Waals surface area contributed by atoms with Gasteiger partial charge in [0.25, 0.3) is 0 Å². The van der Waals surface area contributed by atoms with Crippen molar-refractivity contribution >= 4 is 28.0 Å². The second-order valence-corrected chi connectivity index (χ2v) is 8.57. The number of anilines is 1. The molecule has 1 saturated heterocycles. The third kappa shape index (κ3) is 3.80. The van der Waals surface area contributed by atoms with Crippen molar-refractivity contribution in [2.24, 2.45) is 0 Å². The number of nitrogens with one attached hydrogen (secondary N) is 2. The number of hydrogen-bond acceptors (Lipinski definition) is 7. The van der Waals surface area contributed by atoms with Crippen LogP contribution in [-0.2, 0) is 22.5 Å². The maximum atomic E-state index is 6.10. The van der Waals surface area contributed by atoms with Crippen LogP contribution >= 0.6 is 0 Å². The van der Waals surface area contributed by atoms with E-state index >= 15 is 0 Å². The Kier molecular flexibility index (Phi) is 4.85. The summed E-state index contributed by atoms with van der Waals surface area (Å²) < 4.78 is 17.5. The number of ether oxygens (including phenoxy) is 2. The summed E-state index contributed by atoms with van der Waals surface area (Å²) in [6.45, 7) is 10.7. The molecule has 2 aliphatic rings. The van der Waals surface area contributed by atoms with Gasteiger partial charge in [-0.15, -0.1) is 0 Å². The first-order valence-electron chi connectivity index (χ1n) is 10.4. The lowest BCUT2D eigenvalue weighted by molar-refractivity contribution is -0.908. The van der Waals surface area contributed by atoms with Gasteiger partial charge < -0.3 is 24.1 Å². The molecule has 8 heteroatoms. The second-order valence-electron chi connectivity index (χ2n) is 8.57. The summed E-state index contributed by atoms with van der Waals surface area (Å²) in [5, 5.41) is 4.35. The van der Waals surface area contributed by atoms with E-state index in [0.717, 1.165) is 80.2 Å². The Morgan fingerprint density at radius 2 is 2.07 bits per heavy atom. The van der Waals surface area contributed by atoms with E-state index in [-0.39, 0.29) is 5.60 Å². The molecular formula is C21H28N5O3+. The maximum Gasteiger partial charge on any atom is 0.229 e. The smallest absolute Gasteiger partial charge is 0.229 e. The van der Waals surface area contributed by atoms with Crippen molar-refractivity contribution in [1.29, 1.82) is 0 Å². The fourth-order valence-electron chi connectivity index (χ4n) is 4.17. The van der Waals surface area contributed by atoms with E-state index in [2.05, 4.69) is 35.2 Å². The number of rotatable bonds is 5. The molecule has 0 aliphatic carbocycles. The third-order valence-corrected chi connectivity index (χ3v) is 5.82. The molecule has 0 bridgehead atoms. The molecule has 154 valence electrons. The van der Waals surface area contributed by atoms with Crippen LogP contribution in [0.25, 0.3) is 22.2 Å². The Bertz CT molecular complexity index is 1030. The molecule has 0 aromatic carbocycles. The zero-order valence-corrected chi connectivity index (χ0v) is 17.1. The van der Waals surface area contributed by atoms with E-state index in [1.807, 2.05) is 0 Å². The molecule has 0 saturated carbocycles. The summed E-state index contributed by atoms with van der Waals surface area (Å²) in [4.78, 5) is 15.3. The van der Waals surface area contributed by atoms with Crippen molar-refractivity contribution in [3.8, 4) is 0 Å². The van der Waals surface area contributed by atoms with Crippen LogP contribution in [-0.4, -0.2) is 59.9 Å². The molecule has 29 heavy (non-hydrogen) atoms. The summed E-state index contributed by atoms with van der Waals surface area (Å²) >= 11 is 0. The quantitative estimate of drug-likeness (QED) is 0.627. The van der Waals surface area contributed by atoms with Gasteiger partial charge in [0.15, 0.2) is 11.4 Å². The van der Waals surface area contributed by atoms with Gasteiger partial charge in [-0.05, 0) is 19.9 Å². The molecule has 2 N–H and O–H groups in total. The highest BCUT2D eigenvalue weighted by molar-refractivity contribution is 6.04. The first-order valence-corrected chi connectivity index (χ1v) is 10.4. The Balaban J connectivity index is 1.36. The van der Waals surface area contributed by atoms with Gasteiger partial charge in [-0.2, -0.15) is 0 Å². The molecule has 3 aromatic heterocycles. The van der Waals surface area contributed by atoms with Crippen LogP contribution in [0.1, 0.15) is 31.5 Å². The second kappa shape index (κ2) is 7.51. The minimum Gasteiger partial charge on any atom is -0.432 e. The predicted octanol–water partition coefficient (Wildman–Crippen LogP) is 1.34. The molecule has 1 fully saturated rings. The molecule has 5 heterocycles. The first-order chi connectivity index (χ1) is 14.1. The monoisotopic (exact) mass is 398 g/mol. The maximum absolute atomic E-state index is 6.10. The van der Waals surface area contributed by atoms with Gasteiger partial charge >= 0.3 is 0 Å². The van der Waals surface area contributed by atoms with Crippen LogP contribution in [0.5, 0.6) is 0 Å². The van der Waals surface area contributed by atoms with Crippen molar-refractivity contribution < 1.29 is 18.8 Å². The Morgan fingerprint density at radius 1 is 1.21 bits per heavy atom. The fourth-order valence-corrected chi connectivity index (χ4v) is 4.17. The number of nitrogens with zero attached hydrogens (tertiary/aromatic N) is 3. The molecule has 0 spiro atoms. The standard InChI is InChI=1S/C21H27N5O3/c1-21(2)11-16-14(12-28-21)10-15-17-18(29-20(15)25-16)19(24-13-23-17)22-4-3-5-26-6-8-27-9-7-26/h10,13H,3-9,11-12H2,1-2H3,(H,22,23,24)/p+1. The van der Waals surface area contributed by atoms with Crippen LogP contribution in [0.2, 0.25) is 0 Å².